The van der Waals surface area contributed by atoms with Crippen LogP contribution in [0.3, 0.4) is 0 Å². The van der Waals surface area contributed by atoms with Crippen molar-refractivity contribution >= 4 is 29.0 Å². The van der Waals surface area contributed by atoms with E-state index in [0.717, 1.165) is 23.2 Å². The van der Waals surface area contributed by atoms with E-state index < -0.39 is 0 Å². The summed E-state index contributed by atoms with van der Waals surface area (Å²) in [5.41, 5.74) is 3.87. The summed E-state index contributed by atoms with van der Waals surface area (Å²) in [6.07, 6.45) is 2.42. The summed E-state index contributed by atoms with van der Waals surface area (Å²) in [4.78, 5) is 15.2. The van der Waals surface area contributed by atoms with Crippen LogP contribution in [-0.4, -0.2) is 24.3 Å². The van der Waals surface area contributed by atoms with Crippen LogP contribution < -0.4 is 0 Å². The van der Waals surface area contributed by atoms with Gasteiger partial charge in [-0.05, 0) is 41.9 Å². The van der Waals surface area contributed by atoms with Crippen LogP contribution in [0.2, 0.25) is 5.02 Å². The fourth-order valence-corrected chi connectivity index (χ4v) is 3.20. The average Bonchev–Trinajstić information content (AvgIpc) is 2.72. The number of nitrogens with zero attached hydrogens (tertiary/aromatic N) is 1. The van der Waals surface area contributed by atoms with Gasteiger partial charge in [0.1, 0.15) is 0 Å². The number of ketones is 1. The number of hydrogen-bond acceptors (Lipinski definition) is 2. The number of carbonyl (C=O) groups is 1. The van der Waals surface area contributed by atoms with Gasteiger partial charge >= 0.3 is 0 Å². The molecule has 0 aliphatic carbocycles. The van der Waals surface area contributed by atoms with Gasteiger partial charge in [0.2, 0.25) is 0 Å². The number of rotatable bonds is 8. The van der Waals surface area contributed by atoms with E-state index in [1.807, 2.05) is 85.9 Å². The molecule has 0 radical (unpaired) electrons. The molecule has 0 amide bonds. The van der Waals surface area contributed by atoms with Crippen molar-refractivity contribution in [3.05, 3.63) is 107 Å². The number of Topliss-reactive ketones (excluding diaryl/α,β-unsaturated/α-hetero) is 1. The Kier molecular flexibility index (Phi) is 7.18. The van der Waals surface area contributed by atoms with Crippen molar-refractivity contribution < 1.29 is 4.79 Å². The van der Waals surface area contributed by atoms with Gasteiger partial charge in [0.15, 0.2) is 5.78 Å². The van der Waals surface area contributed by atoms with Gasteiger partial charge in [-0.15, -0.1) is 0 Å². The first-order valence-electron chi connectivity index (χ1n) is 9.40. The highest BCUT2D eigenvalue weighted by atomic mass is 35.5. The normalized spacial score (nSPS) is 11.6. The molecule has 0 saturated heterocycles. The van der Waals surface area contributed by atoms with Gasteiger partial charge in [-0.3, -0.25) is 4.79 Å². The van der Waals surface area contributed by atoms with Crippen molar-refractivity contribution in [2.45, 2.75) is 13.0 Å². The summed E-state index contributed by atoms with van der Waals surface area (Å²) >= 11 is 6.02. The fraction of sp³-hybridized carbons (Fsp3) is 0.160. The molecule has 2 nitrogen and oxygen atoms in total. The minimum Gasteiger partial charge on any atom is -0.302 e. The number of carbonyl (C=O) groups excluding carboxylic acids is 1. The molecule has 3 rings (SSSR count). The Morgan fingerprint density at radius 2 is 1.50 bits per heavy atom. The van der Waals surface area contributed by atoms with Crippen LogP contribution in [0.5, 0.6) is 0 Å². The van der Waals surface area contributed by atoms with E-state index >= 15 is 0 Å². The molecule has 0 bridgehead atoms. The monoisotopic (exact) mass is 389 g/mol. The Hall–Kier alpha value is -2.68. The van der Waals surface area contributed by atoms with Gasteiger partial charge in [0, 0.05) is 30.1 Å². The molecule has 0 N–H and O–H groups in total. The van der Waals surface area contributed by atoms with Crippen molar-refractivity contribution in [1.82, 2.24) is 4.90 Å². The number of allylic oxidation sites excluding steroid dienone is 1. The van der Waals surface area contributed by atoms with Crippen molar-refractivity contribution in [3.8, 4) is 0 Å². The van der Waals surface area contributed by atoms with E-state index in [-0.39, 0.29) is 5.78 Å². The lowest BCUT2D eigenvalue weighted by Gasteiger charge is -2.17. The summed E-state index contributed by atoms with van der Waals surface area (Å²) in [6.45, 7) is 1.53. The standard InChI is InChI=1S/C25H24ClNO/c1-27(19-21-10-6-3-7-11-21)17-16-25(28)24(18-20-8-4-2-5-9-20)22-12-14-23(26)15-13-22/h2-15,18H,16-17,19H2,1H3. The quantitative estimate of drug-likeness (QED) is 0.349. The molecular formula is C25H24ClNO. The Labute approximate surface area is 172 Å². The summed E-state index contributed by atoms with van der Waals surface area (Å²) in [6, 6.07) is 27.7. The molecule has 0 aliphatic rings. The van der Waals surface area contributed by atoms with Gasteiger partial charge in [0.25, 0.3) is 0 Å². The minimum atomic E-state index is 0.131. The van der Waals surface area contributed by atoms with Crippen molar-refractivity contribution in [1.29, 1.82) is 0 Å². The smallest absolute Gasteiger partial charge is 0.164 e. The van der Waals surface area contributed by atoms with Crippen LogP contribution in [0, 0.1) is 0 Å². The predicted octanol–water partition coefficient (Wildman–Crippen LogP) is 5.97. The molecule has 0 saturated carbocycles. The van der Waals surface area contributed by atoms with Crippen LogP contribution in [0.25, 0.3) is 11.6 Å². The molecule has 28 heavy (non-hydrogen) atoms. The molecule has 3 heteroatoms. The second-order valence-corrected chi connectivity index (χ2v) is 7.31. The SMILES string of the molecule is CN(CCC(=O)C(=Cc1ccccc1)c1ccc(Cl)cc1)Cc1ccccc1. The maximum absolute atomic E-state index is 13.1. The number of halogens is 1. The van der Waals surface area contributed by atoms with Crippen LogP contribution >= 0.6 is 11.6 Å². The molecule has 3 aromatic carbocycles. The zero-order chi connectivity index (χ0) is 19.8. The fourth-order valence-electron chi connectivity index (χ4n) is 3.07. The molecular weight excluding hydrogens is 366 g/mol. The van der Waals surface area contributed by atoms with E-state index in [2.05, 4.69) is 17.0 Å². The zero-order valence-electron chi connectivity index (χ0n) is 16.0. The Morgan fingerprint density at radius 3 is 2.14 bits per heavy atom. The lowest BCUT2D eigenvalue weighted by Crippen LogP contribution is -2.21. The molecule has 142 valence electrons. The number of hydrogen-bond donors (Lipinski definition) is 0. The first-order valence-corrected chi connectivity index (χ1v) is 9.78. The topological polar surface area (TPSA) is 20.3 Å². The second kappa shape index (κ2) is 10.0. The van der Waals surface area contributed by atoms with Crippen molar-refractivity contribution in [2.75, 3.05) is 13.6 Å². The largest absolute Gasteiger partial charge is 0.302 e. The first-order chi connectivity index (χ1) is 13.6. The lowest BCUT2D eigenvalue weighted by molar-refractivity contribution is -0.114. The van der Waals surface area contributed by atoms with E-state index in [1.165, 1.54) is 5.56 Å². The van der Waals surface area contributed by atoms with E-state index in [1.54, 1.807) is 0 Å². The lowest BCUT2D eigenvalue weighted by atomic mass is 9.97. The molecule has 0 aliphatic heterocycles. The van der Waals surface area contributed by atoms with Crippen LogP contribution in [0.4, 0.5) is 0 Å². The zero-order valence-corrected chi connectivity index (χ0v) is 16.8. The van der Waals surface area contributed by atoms with Crippen LogP contribution in [0.1, 0.15) is 23.1 Å². The molecule has 0 spiro atoms. The highest BCUT2D eigenvalue weighted by molar-refractivity contribution is 6.31. The molecule has 0 atom stereocenters. The second-order valence-electron chi connectivity index (χ2n) is 6.87. The maximum atomic E-state index is 13.1. The van der Waals surface area contributed by atoms with E-state index in [9.17, 15) is 4.79 Å². The van der Waals surface area contributed by atoms with E-state index in [4.69, 9.17) is 11.6 Å². The van der Waals surface area contributed by atoms with Crippen LogP contribution in [0.15, 0.2) is 84.9 Å². The van der Waals surface area contributed by atoms with Gasteiger partial charge in [-0.1, -0.05) is 84.4 Å². The Morgan fingerprint density at radius 1 is 0.893 bits per heavy atom. The molecule has 0 heterocycles. The summed E-state index contributed by atoms with van der Waals surface area (Å²) in [7, 11) is 2.04. The van der Waals surface area contributed by atoms with E-state index in [0.29, 0.717) is 18.0 Å². The van der Waals surface area contributed by atoms with Gasteiger partial charge in [-0.2, -0.15) is 0 Å². The first kappa shape index (κ1) is 20.1. The Balaban J connectivity index is 1.73. The van der Waals surface area contributed by atoms with Crippen molar-refractivity contribution in [2.24, 2.45) is 0 Å². The average molecular weight is 390 g/mol. The predicted molar refractivity (Wildman–Crippen MR) is 118 cm³/mol. The minimum absolute atomic E-state index is 0.131. The maximum Gasteiger partial charge on any atom is 0.164 e. The Bertz CT molecular complexity index is 918. The summed E-state index contributed by atoms with van der Waals surface area (Å²) in [5.74, 6) is 0.131. The molecule has 0 aromatic heterocycles. The van der Waals surface area contributed by atoms with Gasteiger partial charge in [-0.25, -0.2) is 0 Å². The third kappa shape index (κ3) is 5.91. The molecule has 3 aromatic rings. The highest BCUT2D eigenvalue weighted by Gasteiger charge is 2.13. The molecule has 0 fully saturated rings. The summed E-state index contributed by atoms with van der Waals surface area (Å²) < 4.78 is 0. The van der Waals surface area contributed by atoms with Crippen LogP contribution in [-0.2, 0) is 11.3 Å². The molecule has 0 unspecified atom stereocenters. The van der Waals surface area contributed by atoms with Gasteiger partial charge in [0.05, 0.1) is 0 Å². The highest BCUT2D eigenvalue weighted by Crippen LogP contribution is 2.23. The summed E-state index contributed by atoms with van der Waals surface area (Å²) in [5, 5.41) is 0.665. The third-order valence-corrected chi connectivity index (χ3v) is 4.83. The van der Waals surface area contributed by atoms with Crippen molar-refractivity contribution in [3.63, 3.8) is 0 Å². The van der Waals surface area contributed by atoms with Gasteiger partial charge < -0.3 is 4.90 Å². The number of benzene rings is 3. The third-order valence-electron chi connectivity index (χ3n) is 4.58.